The number of nitrogens with zero attached hydrogens (tertiary/aromatic N) is 2. The molecule has 8 nitrogen and oxygen atoms in total. The number of ether oxygens (including phenoxy) is 2. The fourth-order valence-corrected chi connectivity index (χ4v) is 3.00. The number of aryl methyl sites for hydroxylation is 2. The first-order chi connectivity index (χ1) is 13.8. The lowest BCUT2D eigenvalue weighted by Crippen LogP contribution is -2.31. The first-order valence-corrected chi connectivity index (χ1v) is 8.77. The van der Waals surface area contributed by atoms with Gasteiger partial charge in [-0.15, -0.1) is 0 Å². The van der Waals surface area contributed by atoms with Crippen LogP contribution in [-0.4, -0.2) is 35.1 Å². The van der Waals surface area contributed by atoms with Crippen LogP contribution in [0, 0.1) is 13.8 Å². The van der Waals surface area contributed by atoms with Crippen molar-refractivity contribution in [1.82, 2.24) is 9.55 Å². The lowest BCUT2D eigenvalue weighted by molar-refractivity contribution is 0.395. The zero-order valence-corrected chi connectivity index (χ0v) is 16.5. The molecule has 0 aliphatic carbocycles. The molecule has 1 aromatic heterocycles. The van der Waals surface area contributed by atoms with Crippen LogP contribution in [0.2, 0.25) is 0 Å². The summed E-state index contributed by atoms with van der Waals surface area (Å²) < 4.78 is 11.5. The van der Waals surface area contributed by atoms with E-state index in [9.17, 15) is 14.7 Å². The van der Waals surface area contributed by atoms with Gasteiger partial charge in [-0.25, -0.2) is 9.36 Å². The minimum Gasteiger partial charge on any atom is -0.497 e. The maximum Gasteiger partial charge on any atom is 0.335 e. The molecule has 0 bridgehead atoms. The van der Waals surface area contributed by atoms with E-state index in [1.165, 1.54) is 20.4 Å². The van der Waals surface area contributed by atoms with Crippen molar-refractivity contribution < 1.29 is 14.6 Å². The third kappa shape index (κ3) is 4.06. The molecule has 8 heteroatoms. The van der Waals surface area contributed by atoms with E-state index in [-0.39, 0.29) is 5.56 Å². The van der Waals surface area contributed by atoms with Gasteiger partial charge in [-0.3, -0.25) is 14.8 Å². The maximum atomic E-state index is 12.4. The minimum atomic E-state index is -0.746. The van der Waals surface area contributed by atoms with E-state index in [1.54, 1.807) is 30.3 Å². The van der Waals surface area contributed by atoms with Crippen molar-refractivity contribution in [2.45, 2.75) is 13.8 Å². The average Bonchev–Trinajstić information content (AvgIpc) is 2.66. The lowest BCUT2D eigenvalue weighted by atomic mass is 10.1. The van der Waals surface area contributed by atoms with E-state index in [2.05, 4.69) is 9.98 Å². The van der Waals surface area contributed by atoms with Crippen LogP contribution in [0.5, 0.6) is 17.4 Å². The molecule has 3 aromatic rings. The van der Waals surface area contributed by atoms with Gasteiger partial charge in [0.25, 0.3) is 5.56 Å². The summed E-state index contributed by atoms with van der Waals surface area (Å²) in [7, 11) is 3.02. The number of benzene rings is 2. The van der Waals surface area contributed by atoms with E-state index in [0.29, 0.717) is 22.9 Å². The molecule has 0 saturated carbocycles. The molecule has 3 rings (SSSR count). The predicted molar refractivity (Wildman–Crippen MR) is 111 cm³/mol. The van der Waals surface area contributed by atoms with E-state index in [4.69, 9.17) is 9.47 Å². The van der Waals surface area contributed by atoms with Crippen LogP contribution in [-0.2, 0) is 0 Å². The molecule has 1 heterocycles. The third-order valence-electron chi connectivity index (χ3n) is 4.31. The molecule has 0 atom stereocenters. The molecule has 150 valence electrons. The quantitative estimate of drug-likeness (QED) is 0.646. The van der Waals surface area contributed by atoms with Gasteiger partial charge in [0.2, 0.25) is 5.88 Å². The Morgan fingerprint density at radius 2 is 1.72 bits per heavy atom. The second-order valence-corrected chi connectivity index (χ2v) is 6.47. The molecule has 0 fully saturated rings. The van der Waals surface area contributed by atoms with Crippen LogP contribution in [0.1, 0.15) is 16.7 Å². The fraction of sp³-hybridized carbons (Fsp3) is 0.190. The van der Waals surface area contributed by atoms with Gasteiger partial charge in [-0.05, 0) is 49.2 Å². The molecular formula is C21H21N3O5. The number of aliphatic imine (C=N–C) groups is 1. The first-order valence-electron chi connectivity index (χ1n) is 8.77. The van der Waals surface area contributed by atoms with Crippen LogP contribution in [0.3, 0.4) is 0 Å². The van der Waals surface area contributed by atoms with E-state index in [0.717, 1.165) is 15.7 Å². The van der Waals surface area contributed by atoms with Crippen molar-refractivity contribution in [2.24, 2.45) is 4.99 Å². The molecule has 2 N–H and O–H groups in total. The van der Waals surface area contributed by atoms with E-state index in [1.807, 2.05) is 19.9 Å². The second kappa shape index (κ2) is 8.05. The highest BCUT2D eigenvalue weighted by Crippen LogP contribution is 2.31. The molecule has 2 aromatic carbocycles. The van der Waals surface area contributed by atoms with Gasteiger partial charge < -0.3 is 14.6 Å². The van der Waals surface area contributed by atoms with Crippen LogP contribution in [0.25, 0.3) is 5.69 Å². The van der Waals surface area contributed by atoms with Crippen LogP contribution in [0.4, 0.5) is 5.69 Å². The monoisotopic (exact) mass is 395 g/mol. The van der Waals surface area contributed by atoms with Gasteiger partial charge in [0.15, 0.2) is 0 Å². The number of hydrogen-bond acceptors (Lipinski definition) is 6. The smallest absolute Gasteiger partial charge is 0.335 e. The minimum absolute atomic E-state index is 0.151. The Bertz CT molecular complexity index is 1190. The number of aromatic amines is 1. The average molecular weight is 395 g/mol. The largest absolute Gasteiger partial charge is 0.497 e. The predicted octanol–water partition coefficient (Wildman–Crippen LogP) is 2.62. The van der Waals surface area contributed by atoms with E-state index >= 15 is 0 Å². The second-order valence-electron chi connectivity index (χ2n) is 6.47. The Morgan fingerprint density at radius 1 is 1.03 bits per heavy atom. The number of aromatic nitrogens is 2. The number of nitrogens with one attached hydrogen (secondary N) is 1. The zero-order chi connectivity index (χ0) is 21.1. The van der Waals surface area contributed by atoms with Gasteiger partial charge in [0, 0.05) is 12.3 Å². The zero-order valence-electron chi connectivity index (χ0n) is 16.5. The molecule has 29 heavy (non-hydrogen) atoms. The molecule has 0 saturated heterocycles. The Balaban J connectivity index is 2.13. The van der Waals surface area contributed by atoms with Gasteiger partial charge in [0.05, 0.1) is 19.9 Å². The Hall–Kier alpha value is -3.81. The fourth-order valence-electron chi connectivity index (χ4n) is 3.00. The summed E-state index contributed by atoms with van der Waals surface area (Å²) in [6.07, 6.45) is 1.19. The van der Waals surface area contributed by atoms with Crippen molar-refractivity contribution in [1.29, 1.82) is 0 Å². The summed E-state index contributed by atoms with van der Waals surface area (Å²) >= 11 is 0. The molecule has 0 aliphatic heterocycles. The van der Waals surface area contributed by atoms with Crippen molar-refractivity contribution in [3.05, 3.63) is 73.9 Å². The van der Waals surface area contributed by atoms with Crippen LogP contribution < -0.4 is 20.7 Å². The summed E-state index contributed by atoms with van der Waals surface area (Å²) in [5.41, 5.74) is 1.06. The molecule has 0 amide bonds. The highest BCUT2D eigenvalue weighted by molar-refractivity contribution is 5.85. The number of rotatable bonds is 5. The SMILES string of the molecule is COc1ccc(N=Cc2c(O)n(-c3cc(C)cc(C)c3)c(=O)[nH]c2=O)c(OC)c1. The maximum absolute atomic E-state index is 12.4. The lowest BCUT2D eigenvalue weighted by Gasteiger charge is -2.11. The Kier molecular flexibility index (Phi) is 5.54. The van der Waals surface area contributed by atoms with Crippen molar-refractivity contribution in [3.63, 3.8) is 0 Å². The van der Waals surface area contributed by atoms with E-state index < -0.39 is 17.1 Å². The number of methoxy groups -OCH3 is 2. The van der Waals surface area contributed by atoms with Crippen molar-refractivity contribution >= 4 is 11.9 Å². The molecular weight excluding hydrogens is 374 g/mol. The summed E-state index contributed by atoms with van der Waals surface area (Å²) in [4.78, 5) is 31.1. The van der Waals surface area contributed by atoms with Gasteiger partial charge in [0.1, 0.15) is 22.7 Å². The standard InChI is InChI=1S/C21H21N3O5/c1-12-7-13(2)9-14(8-12)24-20(26)16(19(25)23-21(24)27)11-22-17-6-5-15(28-3)10-18(17)29-4/h5-11,26H,1-4H3,(H,23,25,27). The molecule has 0 unspecified atom stereocenters. The Labute approximate surface area is 166 Å². The van der Waals surface area contributed by atoms with Gasteiger partial charge in [-0.1, -0.05) is 6.07 Å². The van der Waals surface area contributed by atoms with Crippen molar-refractivity contribution in [2.75, 3.05) is 14.2 Å². The molecule has 0 radical (unpaired) electrons. The van der Waals surface area contributed by atoms with Crippen LogP contribution >= 0.6 is 0 Å². The van der Waals surface area contributed by atoms with Gasteiger partial charge in [-0.2, -0.15) is 0 Å². The number of H-pyrrole nitrogens is 1. The van der Waals surface area contributed by atoms with Gasteiger partial charge >= 0.3 is 5.69 Å². The van der Waals surface area contributed by atoms with Crippen molar-refractivity contribution in [3.8, 4) is 23.1 Å². The number of aromatic hydroxyl groups is 1. The summed E-state index contributed by atoms with van der Waals surface area (Å²) in [5, 5.41) is 10.7. The number of hydrogen-bond donors (Lipinski definition) is 2. The third-order valence-corrected chi connectivity index (χ3v) is 4.31. The highest BCUT2D eigenvalue weighted by atomic mass is 16.5. The highest BCUT2D eigenvalue weighted by Gasteiger charge is 2.15. The first kappa shape index (κ1) is 19.9. The topological polar surface area (TPSA) is 106 Å². The summed E-state index contributed by atoms with van der Waals surface area (Å²) in [5.74, 6) is 0.518. The molecule has 0 aliphatic rings. The molecule has 0 spiro atoms. The summed E-state index contributed by atoms with van der Waals surface area (Å²) in [6, 6.07) is 10.4. The normalized spacial score (nSPS) is 11.0. The summed E-state index contributed by atoms with van der Waals surface area (Å²) in [6.45, 7) is 3.76. The van der Waals surface area contributed by atoms with Crippen LogP contribution in [0.15, 0.2) is 51.0 Å². The Morgan fingerprint density at radius 3 is 2.34 bits per heavy atom.